The van der Waals surface area contributed by atoms with Crippen molar-refractivity contribution in [2.45, 2.75) is 53.4 Å². The molecule has 1 saturated heterocycles. The second kappa shape index (κ2) is 12.0. The molecule has 0 aromatic carbocycles. The van der Waals surface area contributed by atoms with Crippen molar-refractivity contribution >= 4 is 18.2 Å². The van der Waals surface area contributed by atoms with E-state index in [1.54, 1.807) is 13.0 Å². The maximum absolute atomic E-state index is 11.7. The summed E-state index contributed by atoms with van der Waals surface area (Å²) in [7, 11) is 0. The molecule has 1 heterocycles. The van der Waals surface area contributed by atoms with E-state index in [4.69, 9.17) is 0 Å². The number of nitrogens with zero attached hydrogens (tertiary/aromatic N) is 2. The van der Waals surface area contributed by atoms with Gasteiger partial charge in [-0.25, -0.2) is 0 Å². The van der Waals surface area contributed by atoms with Crippen molar-refractivity contribution in [2.24, 2.45) is 5.92 Å². The molecule has 5 nitrogen and oxygen atoms in total. The highest BCUT2D eigenvalue weighted by molar-refractivity contribution is 5.94. The molecule has 0 spiro atoms. The molecule has 0 unspecified atom stereocenters. The summed E-state index contributed by atoms with van der Waals surface area (Å²) < 4.78 is 0. The number of hydrogen-bond acceptors (Lipinski definition) is 3. The van der Waals surface area contributed by atoms with Crippen LogP contribution in [-0.2, 0) is 14.4 Å². The topological polar surface area (TPSA) is 57.7 Å². The molecular weight excluding hydrogens is 280 g/mol. The lowest BCUT2D eigenvalue weighted by molar-refractivity contribution is -0.137. The molecule has 1 rings (SSSR count). The predicted molar refractivity (Wildman–Crippen MR) is 88.2 cm³/mol. The Morgan fingerprint density at radius 1 is 1.18 bits per heavy atom. The summed E-state index contributed by atoms with van der Waals surface area (Å²) in [5, 5.41) is 0. The summed E-state index contributed by atoms with van der Waals surface area (Å²) in [5.41, 5.74) is 0. The van der Waals surface area contributed by atoms with Gasteiger partial charge in [0, 0.05) is 26.1 Å². The largest absolute Gasteiger partial charge is 0.342 e. The van der Waals surface area contributed by atoms with Gasteiger partial charge in [0.05, 0.1) is 0 Å². The Labute approximate surface area is 134 Å². The van der Waals surface area contributed by atoms with Crippen molar-refractivity contribution < 1.29 is 14.4 Å². The SMILES string of the molecule is C/C=C\C(=O)N(C=O)CCCCCC(=O)N1CC(C)C1.CC. The zero-order valence-electron chi connectivity index (χ0n) is 14.4. The standard InChI is InChI=1S/C15H24N2O3.C2H6/c1-3-7-14(19)16(12-18)9-6-4-5-8-15(20)17-10-13(2)11-17;1-2/h3,7,12-13H,4-6,8-11H2,1-2H3;1-2H3/b7-3-;. The molecule has 22 heavy (non-hydrogen) atoms. The van der Waals surface area contributed by atoms with Crippen molar-refractivity contribution in [3.63, 3.8) is 0 Å². The summed E-state index contributed by atoms with van der Waals surface area (Å²) >= 11 is 0. The third-order valence-corrected chi connectivity index (χ3v) is 3.43. The van der Waals surface area contributed by atoms with Gasteiger partial charge in [-0.1, -0.05) is 33.3 Å². The first-order valence-electron chi connectivity index (χ1n) is 8.24. The van der Waals surface area contributed by atoms with Crippen LogP contribution >= 0.6 is 0 Å². The van der Waals surface area contributed by atoms with E-state index in [1.165, 1.54) is 11.0 Å². The van der Waals surface area contributed by atoms with E-state index >= 15 is 0 Å². The quantitative estimate of drug-likeness (QED) is 0.393. The minimum atomic E-state index is -0.284. The lowest BCUT2D eigenvalue weighted by Gasteiger charge is -2.37. The summed E-state index contributed by atoms with van der Waals surface area (Å²) in [5.74, 6) is 0.575. The lowest BCUT2D eigenvalue weighted by atomic mass is 10.0. The van der Waals surface area contributed by atoms with E-state index in [2.05, 4.69) is 6.92 Å². The van der Waals surface area contributed by atoms with Crippen LogP contribution in [0.3, 0.4) is 0 Å². The molecule has 0 atom stereocenters. The molecular formula is C17H30N2O3. The number of allylic oxidation sites excluding steroid dienone is 1. The van der Waals surface area contributed by atoms with E-state index in [0.29, 0.717) is 25.3 Å². The van der Waals surface area contributed by atoms with Gasteiger partial charge in [0.1, 0.15) is 0 Å². The third-order valence-electron chi connectivity index (χ3n) is 3.43. The van der Waals surface area contributed by atoms with Crippen LogP contribution in [0, 0.1) is 5.92 Å². The number of amides is 3. The number of likely N-dealkylation sites (tertiary alicyclic amines) is 1. The van der Waals surface area contributed by atoms with Gasteiger partial charge in [0.15, 0.2) is 0 Å². The molecule has 126 valence electrons. The normalized spacial score (nSPS) is 14.1. The first-order valence-corrected chi connectivity index (χ1v) is 8.24. The number of imide groups is 1. The summed E-state index contributed by atoms with van der Waals surface area (Å²) in [6.45, 7) is 10.1. The minimum absolute atomic E-state index is 0.223. The Bertz CT molecular complexity index is 374. The van der Waals surface area contributed by atoms with Crippen LogP contribution in [0.2, 0.25) is 0 Å². The Balaban J connectivity index is 0.00000211. The Kier molecular flexibility index (Phi) is 11.1. The number of carbonyl (C=O) groups is 3. The summed E-state index contributed by atoms with van der Waals surface area (Å²) in [4.78, 5) is 37.0. The molecule has 1 aliphatic rings. The Hall–Kier alpha value is -1.65. The van der Waals surface area contributed by atoms with Crippen LogP contribution in [0.4, 0.5) is 0 Å². The van der Waals surface area contributed by atoms with E-state index in [9.17, 15) is 14.4 Å². The number of rotatable bonds is 8. The van der Waals surface area contributed by atoms with Crippen molar-refractivity contribution in [1.29, 1.82) is 0 Å². The predicted octanol–water partition coefficient (Wildman–Crippen LogP) is 2.61. The maximum Gasteiger partial charge on any atom is 0.252 e. The molecule has 0 aromatic rings. The second-order valence-corrected chi connectivity index (χ2v) is 5.35. The van der Waals surface area contributed by atoms with Gasteiger partial charge < -0.3 is 4.90 Å². The fraction of sp³-hybridized carbons (Fsp3) is 0.706. The monoisotopic (exact) mass is 310 g/mol. The fourth-order valence-electron chi connectivity index (χ4n) is 2.25. The molecule has 1 fully saturated rings. The van der Waals surface area contributed by atoms with Crippen molar-refractivity contribution in [2.75, 3.05) is 19.6 Å². The van der Waals surface area contributed by atoms with E-state index in [0.717, 1.165) is 32.4 Å². The van der Waals surface area contributed by atoms with Gasteiger partial charge in [-0.15, -0.1) is 0 Å². The first-order chi connectivity index (χ1) is 10.6. The van der Waals surface area contributed by atoms with Gasteiger partial charge in [0.25, 0.3) is 5.91 Å². The molecule has 5 heteroatoms. The van der Waals surface area contributed by atoms with Gasteiger partial charge in [-0.2, -0.15) is 0 Å². The van der Waals surface area contributed by atoms with Crippen LogP contribution in [0.15, 0.2) is 12.2 Å². The van der Waals surface area contributed by atoms with Gasteiger partial charge in [0.2, 0.25) is 12.3 Å². The molecule has 0 aromatic heterocycles. The third kappa shape index (κ3) is 7.38. The number of hydrogen-bond donors (Lipinski definition) is 0. The first kappa shape index (κ1) is 20.3. The Morgan fingerprint density at radius 2 is 1.82 bits per heavy atom. The fourth-order valence-corrected chi connectivity index (χ4v) is 2.25. The molecule has 0 N–H and O–H groups in total. The van der Waals surface area contributed by atoms with E-state index in [-0.39, 0.29) is 11.8 Å². The van der Waals surface area contributed by atoms with Crippen molar-refractivity contribution in [3.05, 3.63) is 12.2 Å². The average Bonchev–Trinajstić information content (AvgIpc) is 2.49. The van der Waals surface area contributed by atoms with Crippen LogP contribution in [0.1, 0.15) is 53.4 Å². The second-order valence-electron chi connectivity index (χ2n) is 5.35. The van der Waals surface area contributed by atoms with Crippen molar-refractivity contribution in [3.8, 4) is 0 Å². The van der Waals surface area contributed by atoms with Crippen molar-refractivity contribution in [1.82, 2.24) is 9.80 Å². The zero-order chi connectivity index (χ0) is 17.0. The van der Waals surface area contributed by atoms with Crippen LogP contribution < -0.4 is 0 Å². The summed E-state index contributed by atoms with van der Waals surface area (Å²) in [6.07, 6.45) is 6.53. The number of unbranched alkanes of at least 4 members (excludes halogenated alkanes) is 2. The van der Waals surface area contributed by atoms with Gasteiger partial charge >= 0.3 is 0 Å². The average molecular weight is 310 g/mol. The summed E-state index contributed by atoms with van der Waals surface area (Å²) in [6, 6.07) is 0. The van der Waals surface area contributed by atoms with Gasteiger partial charge in [-0.3, -0.25) is 19.3 Å². The molecule has 3 amide bonds. The smallest absolute Gasteiger partial charge is 0.252 e. The van der Waals surface area contributed by atoms with Gasteiger partial charge in [-0.05, 0) is 31.8 Å². The molecule has 0 bridgehead atoms. The van der Waals surface area contributed by atoms with E-state index in [1.807, 2.05) is 18.7 Å². The number of carbonyl (C=O) groups excluding carboxylic acids is 3. The lowest BCUT2D eigenvalue weighted by Crippen LogP contribution is -2.48. The maximum atomic E-state index is 11.7. The molecule has 1 aliphatic heterocycles. The molecule has 0 saturated carbocycles. The van der Waals surface area contributed by atoms with Crippen LogP contribution in [0.25, 0.3) is 0 Å². The zero-order valence-corrected chi connectivity index (χ0v) is 14.4. The van der Waals surface area contributed by atoms with Crippen LogP contribution in [0.5, 0.6) is 0 Å². The molecule has 0 aliphatic carbocycles. The van der Waals surface area contributed by atoms with Crippen LogP contribution in [-0.4, -0.2) is 47.7 Å². The van der Waals surface area contributed by atoms with E-state index < -0.39 is 0 Å². The minimum Gasteiger partial charge on any atom is -0.342 e. The molecule has 0 radical (unpaired) electrons. The highest BCUT2D eigenvalue weighted by Gasteiger charge is 2.26. The highest BCUT2D eigenvalue weighted by atomic mass is 16.2. The highest BCUT2D eigenvalue weighted by Crippen LogP contribution is 2.16. The Morgan fingerprint density at radius 3 is 2.32 bits per heavy atom.